The van der Waals surface area contributed by atoms with Crippen LogP contribution < -0.4 is 4.74 Å². The molecule has 138 valence electrons. The summed E-state index contributed by atoms with van der Waals surface area (Å²) in [5, 5.41) is 20.1. The van der Waals surface area contributed by atoms with E-state index in [1.54, 1.807) is 19.2 Å². The molecular formula is C17H15BrFNO6. The Morgan fingerprint density at radius 2 is 2.00 bits per heavy atom. The van der Waals surface area contributed by atoms with E-state index in [0.29, 0.717) is 5.75 Å². The number of rotatable bonds is 8. The van der Waals surface area contributed by atoms with Crippen molar-refractivity contribution in [2.75, 3.05) is 13.7 Å². The van der Waals surface area contributed by atoms with Crippen LogP contribution in [0, 0.1) is 15.9 Å². The van der Waals surface area contributed by atoms with Gasteiger partial charge in [-0.25, -0.2) is 4.79 Å². The van der Waals surface area contributed by atoms with Crippen molar-refractivity contribution in [3.05, 3.63) is 67.4 Å². The fraction of sp³-hybridized carbons (Fsp3) is 0.235. The van der Waals surface area contributed by atoms with Gasteiger partial charge in [-0.1, -0.05) is 28.1 Å². The second-order valence-electron chi connectivity index (χ2n) is 5.26. The van der Waals surface area contributed by atoms with Crippen molar-refractivity contribution in [1.29, 1.82) is 0 Å². The number of nitro groups is 1. The van der Waals surface area contributed by atoms with Gasteiger partial charge in [0.15, 0.2) is 0 Å². The number of carbonyl (C=O) groups is 1. The monoisotopic (exact) mass is 427 g/mol. The summed E-state index contributed by atoms with van der Waals surface area (Å²) in [4.78, 5) is 21.2. The van der Waals surface area contributed by atoms with Crippen molar-refractivity contribution < 1.29 is 28.7 Å². The summed E-state index contributed by atoms with van der Waals surface area (Å²) in [7, 11) is 1.56. The number of aromatic carboxylic acids is 1. The summed E-state index contributed by atoms with van der Waals surface area (Å²) in [6.45, 7) is 0.391. The van der Waals surface area contributed by atoms with E-state index in [2.05, 4.69) is 15.9 Å². The zero-order valence-corrected chi connectivity index (χ0v) is 15.3. The van der Waals surface area contributed by atoms with Crippen LogP contribution in [0.4, 0.5) is 10.1 Å². The molecule has 7 nitrogen and oxygen atoms in total. The van der Waals surface area contributed by atoms with Gasteiger partial charge in [0.25, 0.3) is 0 Å². The van der Waals surface area contributed by atoms with Crippen LogP contribution in [0.15, 0.2) is 34.8 Å². The molecule has 0 spiro atoms. The maximum absolute atomic E-state index is 14.2. The average molecular weight is 428 g/mol. The predicted molar refractivity (Wildman–Crippen MR) is 94.1 cm³/mol. The number of hydrogen-bond acceptors (Lipinski definition) is 5. The predicted octanol–water partition coefficient (Wildman–Crippen LogP) is 3.96. The third-order valence-corrected chi connectivity index (χ3v) is 4.34. The molecule has 2 aromatic carbocycles. The van der Waals surface area contributed by atoms with Gasteiger partial charge >= 0.3 is 11.7 Å². The van der Waals surface area contributed by atoms with Gasteiger partial charge in [0.05, 0.1) is 25.2 Å². The van der Waals surface area contributed by atoms with Crippen molar-refractivity contribution >= 4 is 27.6 Å². The first kappa shape index (κ1) is 19.8. The minimum atomic E-state index is -1.57. The van der Waals surface area contributed by atoms with Crippen LogP contribution in [0.25, 0.3) is 0 Å². The van der Waals surface area contributed by atoms with E-state index in [0.717, 1.165) is 11.6 Å². The molecule has 0 heterocycles. The highest BCUT2D eigenvalue weighted by atomic mass is 79.9. The summed E-state index contributed by atoms with van der Waals surface area (Å²) in [6.07, 6.45) is 0.0767. The third kappa shape index (κ3) is 4.55. The first-order valence-electron chi connectivity index (χ1n) is 7.44. The zero-order chi connectivity index (χ0) is 19.3. The number of benzene rings is 2. The Morgan fingerprint density at radius 3 is 2.54 bits per heavy atom. The normalized spacial score (nSPS) is 10.6. The minimum Gasteiger partial charge on any atom is -0.497 e. The van der Waals surface area contributed by atoms with Crippen molar-refractivity contribution in [1.82, 2.24) is 0 Å². The maximum atomic E-state index is 14.2. The molecule has 0 unspecified atom stereocenters. The Bertz CT molecular complexity index is 825. The molecule has 0 bridgehead atoms. The van der Waals surface area contributed by atoms with E-state index in [1.807, 2.05) is 12.1 Å². The van der Waals surface area contributed by atoms with E-state index >= 15 is 0 Å². The summed E-state index contributed by atoms with van der Waals surface area (Å²) >= 11 is 3.08. The number of nitro benzene ring substituents is 1. The molecule has 0 saturated heterocycles. The van der Waals surface area contributed by atoms with Crippen LogP contribution in [0.5, 0.6) is 5.75 Å². The third-order valence-electron chi connectivity index (χ3n) is 3.63. The van der Waals surface area contributed by atoms with Gasteiger partial charge in [0.1, 0.15) is 11.3 Å². The Morgan fingerprint density at radius 1 is 1.35 bits per heavy atom. The fourth-order valence-electron chi connectivity index (χ4n) is 2.34. The van der Waals surface area contributed by atoms with Crippen LogP contribution in [0.2, 0.25) is 0 Å². The van der Waals surface area contributed by atoms with Crippen LogP contribution in [-0.4, -0.2) is 29.7 Å². The molecule has 2 aromatic rings. The lowest BCUT2D eigenvalue weighted by molar-refractivity contribution is -0.387. The van der Waals surface area contributed by atoms with Gasteiger partial charge in [0, 0.05) is 10.5 Å². The standard InChI is InChI=1S/C17H15BrFNO6/c1-25-11-4-2-10(3-5-11)9-26-7-6-12-13(18)8-14(20(23)24)16(19)15(12)17(21)22/h2-5,8H,6-7,9H2,1H3,(H,21,22). The number of carboxylic acids is 1. The van der Waals surface area contributed by atoms with Crippen LogP contribution in [0.3, 0.4) is 0 Å². The van der Waals surface area contributed by atoms with Crippen LogP contribution >= 0.6 is 15.9 Å². The van der Waals surface area contributed by atoms with E-state index in [1.165, 1.54) is 0 Å². The van der Waals surface area contributed by atoms with Gasteiger partial charge in [0.2, 0.25) is 5.82 Å². The van der Waals surface area contributed by atoms with Crippen molar-refractivity contribution in [2.24, 2.45) is 0 Å². The number of nitrogens with zero attached hydrogens (tertiary/aromatic N) is 1. The summed E-state index contributed by atoms with van der Waals surface area (Å²) in [5.41, 5.74) is -0.621. The molecule has 0 aliphatic heterocycles. The lowest BCUT2D eigenvalue weighted by atomic mass is 10.0. The first-order valence-corrected chi connectivity index (χ1v) is 8.23. The molecule has 0 aliphatic carbocycles. The largest absolute Gasteiger partial charge is 0.497 e. The molecule has 0 aliphatic rings. The highest BCUT2D eigenvalue weighted by Gasteiger charge is 2.27. The molecule has 1 N–H and O–H groups in total. The smallest absolute Gasteiger partial charge is 0.339 e. The zero-order valence-electron chi connectivity index (χ0n) is 13.7. The lowest BCUT2D eigenvalue weighted by Crippen LogP contribution is -2.11. The second-order valence-corrected chi connectivity index (χ2v) is 6.11. The molecular weight excluding hydrogens is 413 g/mol. The quantitative estimate of drug-likeness (QED) is 0.388. The second kappa shape index (κ2) is 8.72. The number of hydrogen-bond donors (Lipinski definition) is 1. The molecule has 2 rings (SSSR count). The Kier molecular flexibility index (Phi) is 6.64. The number of carboxylic acid groups (broad SMARTS) is 1. The Balaban J connectivity index is 2.09. The van der Waals surface area contributed by atoms with Gasteiger partial charge in [-0.2, -0.15) is 4.39 Å². The Labute approximate surface area is 156 Å². The first-order chi connectivity index (χ1) is 12.3. The highest BCUT2D eigenvalue weighted by Crippen LogP contribution is 2.31. The molecule has 0 radical (unpaired) electrons. The van der Waals surface area contributed by atoms with Gasteiger partial charge in [-0.15, -0.1) is 0 Å². The van der Waals surface area contributed by atoms with E-state index in [4.69, 9.17) is 9.47 Å². The van der Waals surface area contributed by atoms with Gasteiger partial charge in [-0.05, 0) is 29.7 Å². The highest BCUT2D eigenvalue weighted by molar-refractivity contribution is 9.10. The average Bonchev–Trinajstić information content (AvgIpc) is 2.60. The molecule has 0 fully saturated rings. The van der Waals surface area contributed by atoms with Gasteiger partial charge in [-0.3, -0.25) is 10.1 Å². The van der Waals surface area contributed by atoms with Crippen LogP contribution in [0.1, 0.15) is 21.5 Å². The maximum Gasteiger partial charge on any atom is 0.339 e. The number of ether oxygens (including phenoxy) is 2. The summed E-state index contributed by atoms with van der Waals surface area (Å²) in [6, 6.07) is 8.17. The van der Waals surface area contributed by atoms with E-state index < -0.39 is 28.0 Å². The van der Waals surface area contributed by atoms with E-state index in [-0.39, 0.29) is 29.7 Å². The SMILES string of the molecule is COc1ccc(COCCc2c(Br)cc([N+](=O)[O-])c(F)c2C(=O)O)cc1. The topological polar surface area (TPSA) is 98.9 Å². The van der Waals surface area contributed by atoms with Crippen molar-refractivity contribution in [3.63, 3.8) is 0 Å². The lowest BCUT2D eigenvalue weighted by Gasteiger charge is -2.11. The molecule has 26 heavy (non-hydrogen) atoms. The van der Waals surface area contributed by atoms with Gasteiger partial charge < -0.3 is 14.6 Å². The molecule has 0 saturated carbocycles. The molecule has 0 aromatic heterocycles. The number of halogens is 2. The summed E-state index contributed by atoms with van der Waals surface area (Å²) < 4.78 is 24.9. The molecule has 0 atom stereocenters. The number of methoxy groups -OCH3 is 1. The molecule has 0 amide bonds. The van der Waals surface area contributed by atoms with Crippen molar-refractivity contribution in [3.8, 4) is 5.75 Å². The summed E-state index contributed by atoms with van der Waals surface area (Å²) in [5.74, 6) is -2.22. The van der Waals surface area contributed by atoms with Crippen LogP contribution in [-0.2, 0) is 17.8 Å². The van der Waals surface area contributed by atoms with Crippen molar-refractivity contribution in [2.45, 2.75) is 13.0 Å². The van der Waals surface area contributed by atoms with E-state index in [9.17, 15) is 24.4 Å². The molecule has 9 heteroatoms. The fourth-order valence-corrected chi connectivity index (χ4v) is 2.95. The minimum absolute atomic E-state index is 0.0767. The Hall–Kier alpha value is -2.52.